The third kappa shape index (κ3) is 4.28. The van der Waals surface area contributed by atoms with Crippen LogP contribution in [0.25, 0.3) is 0 Å². The molecular weight excluding hydrogens is 216 g/mol. The largest absolute Gasteiger partial charge is 0.381 e. The second kappa shape index (κ2) is 7.67. The molecule has 17 heavy (non-hydrogen) atoms. The molecular formula is C13H26N2O2. The van der Waals surface area contributed by atoms with Crippen molar-refractivity contribution < 1.29 is 9.53 Å². The van der Waals surface area contributed by atoms with Gasteiger partial charge in [-0.15, -0.1) is 0 Å². The third-order valence-electron chi connectivity index (χ3n) is 3.23. The lowest BCUT2D eigenvalue weighted by Gasteiger charge is -2.20. The molecule has 1 saturated heterocycles. The highest BCUT2D eigenvalue weighted by atomic mass is 16.5. The lowest BCUT2D eigenvalue weighted by atomic mass is 10.2. The summed E-state index contributed by atoms with van der Waals surface area (Å²) in [5.74, 6) is 0.244. The van der Waals surface area contributed by atoms with Crippen LogP contribution in [-0.4, -0.2) is 42.8 Å². The minimum atomic E-state index is 0.0195. The summed E-state index contributed by atoms with van der Waals surface area (Å²) in [6.07, 6.45) is 4.26. The zero-order valence-electron chi connectivity index (χ0n) is 11.4. The number of unbranched alkanes of at least 4 members (excludes halogenated alkanes) is 1. The van der Waals surface area contributed by atoms with Gasteiger partial charge in [-0.1, -0.05) is 20.3 Å². The lowest BCUT2D eigenvalue weighted by molar-refractivity contribution is -0.130. The first-order chi connectivity index (χ1) is 8.20. The van der Waals surface area contributed by atoms with Gasteiger partial charge in [-0.25, -0.2) is 0 Å². The normalized spacial score (nSPS) is 24.6. The molecule has 0 aromatic heterocycles. The predicted molar refractivity (Wildman–Crippen MR) is 68.7 cm³/mol. The summed E-state index contributed by atoms with van der Waals surface area (Å²) in [7, 11) is 0. The summed E-state index contributed by atoms with van der Waals surface area (Å²) in [6, 6.07) is 0.0195. The van der Waals surface area contributed by atoms with Crippen molar-refractivity contribution in [2.24, 2.45) is 0 Å². The zero-order chi connectivity index (χ0) is 12.7. The van der Waals surface area contributed by atoms with Crippen LogP contribution in [0.3, 0.4) is 0 Å². The molecule has 0 spiro atoms. The number of rotatable bonds is 8. The van der Waals surface area contributed by atoms with Gasteiger partial charge >= 0.3 is 0 Å². The van der Waals surface area contributed by atoms with E-state index in [4.69, 9.17) is 4.74 Å². The van der Waals surface area contributed by atoms with Gasteiger partial charge in [0.15, 0.2) is 0 Å². The Bertz CT molecular complexity index is 233. The summed E-state index contributed by atoms with van der Waals surface area (Å²) < 4.78 is 5.50. The summed E-state index contributed by atoms with van der Waals surface area (Å²) in [5, 5.41) is 3.30. The second-order valence-corrected chi connectivity index (χ2v) is 4.65. The van der Waals surface area contributed by atoms with E-state index < -0.39 is 0 Å². The van der Waals surface area contributed by atoms with Crippen molar-refractivity contribution in [2.45, 2.75) is 58.7 Å². The molecule has 1 aliphatic heterocycles. The molecule has 1 fully saturated rings. The molecule has 0 saturated carbocycles. The summed E-state index contributed by atoms with van der Waals surface area (Å²) >= 11 is 0. The van der Waals surface area contributed by atoms with Crippen molar-refractivity contribution in [1.82, 2.24) is 10.2 Å². The van der Waals surface area contributed by atoms with Crippen LogP contribution in [0.4, 0.5) is 0 Å². The summed E-state index contributed by atoms with van der Waals surface area (Å²) in [4.78, 5) is 13.9. The minimum absolute atomic E-state index is 0.0195. The van der Waals surface area contributed by atoms with Gasteiger partial charge in [0.25, 0.3) is 0 Å². The van der Waals surface area contributed by atoms with E-state index in [1.165, 1.54) is 6.42 Å². The summed E-state index contributed by atoms with van der Waals surface area (Å²) in [6.45, 7) is 8.65. The molecule has 0 radical (unpaired) electrons. The number of ether oxygens (including phenoxy) is 1. The van der Waals surface area contributed by atoms with Crippen LogP contribution in [0.5, 0.6) is 0 Å². The quantitative estimate of drug-likeness (QED) is 0.659. The molecule has 1 N–H and O–H groups in total. The van der Waals surface area contributed by atoms with Crippen molar-refractivity contribution in [3.8, 4) is 0 Å². The average Bonchev–Trinajstić information content (AvgIpc) is 2.60. The van der Waals surface area contributed by atoms with Gasteiger partial charge < -0.3 is 9.64 Å². The summed E-state index contributed by atoms with van der Waals surface area (Å²) in [5.41, 5.74) is 0. The van der Waals surface area contributed by atoms with Crippen LogP contribution in [0.1, 0.15) is 46.5 Å². The van der Waals surface area contributed by atoms with Crippen LogP contribution < -0.4 is 5.32 Å². The maximum Gasteiger partial charge on any atom is 0.240 e. The Kier molecular flexibility index (Phi) is 6.52. The van der Waals surface area contributed by atoms with Crippen molar-refractivity contribution in [3.63, 3.8) is 0 Å². The molecule has 100 valence electrons. The highest BCUT2D eigenvalue weighted by Crippen LogP contribution is 2.13. The fourth-order valence-electron chi connectivity index (χ4n) is 2.13. The molecule has 2 unspecified atom stereocenters. The molecule has 0 aliphatic carbocycles. The first kappa shape index (κ1) is 14.5. The van der Waals surface area contributed by atoms with Gasteiger partial charge in [-0.2, -0.15) is 0 Å². The lowest BCUT2D eigenvalue weighted by Crippen LogP contribution is -2.35. The van der Waals surface area contributed by atoms with Crippen LogP contribution in [0.15, 0.2) is 0 Å². The molecule has 0 bridgehead atoms. The van der Waals surface area contributed by atoms with Gasteiger partial charge in [0, 0.05) is 19.8 Å². The molecule has 2 atom stereocenters. The zero-order valence-corrected chi connectivity index (χ0v) is 11.4. The van der Waals surface area contributed by atoms with Crippen LogP contribution in [-0.2, 0) is 9.53 Å². The number of hydrogen-bond donors (Lipinski definition) is 1. The van der Waals surface area contributed by atoms with E-state index in [1.807, 2.05) is 18.7 Å². The van der Waals surface area contributed by atoms with Crippen molar-refractivity contribution in [2.75, 3.05) is 19.8 Å². The fraction of sp³-hybridized carbons (Fsp3) is 0.923. The molecule has 0 aromatic rings. The number of amides is 1. The standard InChI is InChI=1S/C13H26N2O2/c1-4-6-9-17-10-7-8-15-11(3)14-12(5-2)13(15)16/h11-12,14H,4-10H2,1-3H3. The molecule has 0 aromatic carbocycles. The number of carbonyl (C=O) groups is 1. The van der Waals surface area contributed by atoms with Crippen molar-refractivity contribution in [3.05, 3.63) is 0 Å². The minimum Gasteiger partial charge on any atom is -0.381 e. The number of nitrogens with one attached hydrogen (secondary N) is 1. The van der Waals surface area contributed by atoms with Gasteiger partial charge in [0.2, 0.25) is 5.91 Å². The Hall–Kier alpha value is -0.610. The van der Waals surface area contributed by atoms with E-state index in [2.05, 4.69) is 12.2 Å². The Morgan fingerprint density at radius 2 is 2.00 bits per heavy atom. The van der Waals surface area contributed by atoms with E-state index in [1.54, 1.807) is 0 Å². The topological polar surface area (TPSA) is 41.6 Å². The maximum atomic E-state index is 11.9. The van der Waals surface area contributed by atoms with Gasteiger partial charge in [0.05, 0.1) is 12.2 Å². The number of hydrogen-bond acceptors (Lipinski definition) is 3. The molecule has 1 heterocycles. The van der Waals surface area contributed by atoms with Gasteiger partial charge in [0.1, 0.15) is 0 Å². The Balaban J connectivity index is 2.16. The van der Waals surface area contributed by atoms with E-state index in [-0.39, 0.29) is 18.1 Å². The van der Waals surface area contributed by atoms with Crippen LogP contribution >= 0.6 is 0 Å². The SMILES string of the molecule is CCCCOCCCN1C(=O)C(CC)NC1C. The second-order valence-electron chi connectivity index (χ2n) is 4.65. The smallest absolute Gasteiger partial charge is 0.240 e. The molecule has 4 nitrogen and oxygen atoms in total. The van der Waals surface area contributed by atoms with E-state index in [9.17, 15) is 4.79 Å². The van der Waals surface area contributed by atoms with E-state index in [0.29, 0.717) is 0 Å². The first-order valence-electron chi connectivity index (χ1n) is 6.85. The van der Waals surface area contributed by atoms with Crippen LogP contribution in [0, 0.1) is 0 Å². The average molecular weight is 242 g/mol. The van der Waals surface area contributed by atoms with E-state index in [0.717, 1.165) is 39.0 Å². The van der Waals surface area contributed by atoms with E-state index >= 15 is 0 Å². The highest BCUT2D eigenvalue weighted by molar-refractivity contribution is 5.84. The monoisotopic (exact) mass is 242 g/mol. The molecule has 1 amide bonds. The Morgan fingerprint density at radius 1 is 1.29 bits per heavy atom. The Labute approximate surface area is 105 Å². The first-order valence-corrected chi connectivity index (χ1v) is 6.85. The highest BCUT2D eigenvalue weighted by Gasteiger charge is 2.34. The van der Waals surface area contributed by atoms with Gasteiger partial charge in [-0.05, 0) is 26.2 Å². The van der Waals surface area contributed by atoms with Crippen LogP contribution in [0.2, 0.25) is 0 Å². The maximum absolute atomic E-state index is 11.9. The predicted octanol–water partition coefficient (Wildman–Crippen LogP) is 1.75. The van der Waals surface area contributed by atoms with Gasteiger partial charge in [-0.3, -0.25) is 10.1 Å². The Morgan fingerprint density at radius 3 is 2.59 bits per heavy atom. The molecule has 1 aliphatic rings. The number of nitrogens with zero attached hydrogens (tertiary/aromatic N) is 1. The number of carbonyl (C=O) groups excluding carboxylic acids is 1. The van der Waals surface area contributed by atoms with Crippen molar-refractivity contribution in [1.29, 1.82) is 0 Å². The third-order valence-corrected chi connectivity index (χ3v) is 3.23. The fourth-order valence-corrected chi connectivity index (χ4v) is 2.13. The molecule has 1 rings (SSSR count). The molecule has 4 heteroatoms. The van der Waals surface area contributed by atoms with Crippen molar-refractivity contribution >= 4 is 5.91 Å².